The first-order valence-corrected chi connectivity index (χ1v) is 10.4. The molecule has 0 radical (unpaired) electrons. The molecule has 0 spiro atoms. The molecule has 2 heterocycles. The van der Waals surface area contributed by atoms with E-state index >= 15 is 0 Å². The SMILES string of the molecule is O=C(Cc1cnc[nH]1)Nc1ccc(-c2cccc(-c3nc4ccc(C(F)(F)F)cc4[nH]3)c2)cc1. The van der Waals surface area contributed by atoms with E-state index in [1.165, 1.54) is 12.4 Å². The number of nitrogens with zero attached hydrogens (tertiary/aromatic N) is 2. The van der Waals surface area contributed by atoms with Crippen molar-refractivity contribution in [2.24, 2.45) is 0 Å². The fourth-order valence-corrected chi connectivity index (χ4v) is 3.67. The maximum atomic E-state index is 13.0. The predicted octanol–water partition coefficient (Wildman–Crippen LogP) is 5.82. The molecule has 5 rings (SSSR count). The highest BCUT2D eigenvalue weighted by Crippen LogP contribution is 2.32. The molecule has 0 saturated heterocycles. The largest absolute Gasteiger partial charge is 0.416 e. The van der Waals surface area contributed by atoms with Crippen LogP contribution in [0.15, 0.2) is 79.3 Å². The molecular formula is C25H18F3N5O. The zero-order valence-corrected chi connectivity index (χ0v) is 17.6. The lowest BCUT2D eigenvalue weighted by Gasteiger charge is -2.07. The summed E-state index contributed by atoms with van der Waals surface area (Å²) in [6, 6.07) is 18.4. The van der Waals surface area contributed by atoms with Crippen LogP contribution in [-0.2, 0) is 17.4 Å². The molecule has 34 heavy (non-hydrogen) atoms. The first kappa shape index (κ1) is 21.4. The Kier molecular flexibility index (Phi) is 5.37. The maximum Gasteiger partial charge on any atom is 0.416 e. The number of rotatable bonds is 5. The number of carbonyl (C=O) groups is 1. The average Bonchev–Trinajstić information content (AvgIpc) is 3.48. The number of nitrogens with one attached hydrogen (secondary N) is 3. The zero-order chi connectivity index (χ0) is 23.7. The van der Waals surface area contributed by atoms with E-state index in [9.17, 15) is 18.0 Å². The van der Waals surface area contributed by atoms with Gasteiger partial charge in [0.1, 0.15) is 5.82 Å². The van der Waals surface area contributed by atoms with Gasteiger partial charge < -0.3 is 15.3 Å². The Morgan fingerprint density at radius 1 is 0.941 bits per heavy atom. The van der Waals surface area contributed by atoms with Crippen molar-refractivity contribution in [3.8, 4) is 22.5 Å². The van der Waals surface area contributed by atoms with Gasteiger partial charge in [0.25, 0.3) is 0 Å². The Morgan fingerprint density at radius 2 is 1.74 bits per heavy atom. The number of halogens is 3. The monoisotopic (exact) mass is 461 g/mol. The average molecular weight is 461 g/mol. The van der Waals surface area contributed by atoms with Crippen molar-refractivity contribution in [1.82, 2.24) is 19.9 Å². The van der Waals surface area contributed by atoms with Crippen molar-refractivity contribution in [3.63, 3.8) is 0 Å². The van der Waals surface area contributed by atoms with E-state index in [0.717, 1.165) is 34.5 Å². The second-order valence-corrected chi connectivity index (χ2v) is 7.78. The van der Waals surface area contributed by atoms with Crippen molar-refractivity contribution < 1.29 is 18.0 Å². The number of aromatic nitrogens is 4. The summed E-state index contributed by atoms with van der Waals surface area (Å²) in [5.41, 5.74) is 4.04. The molecule has 170 valence electrons. The van der Waals surface area contributed by atoms with Gasteiger partial charge in [0.2, 0.25) is 5.91 Å². The van der Waals surface area contributed by atoms with Crippen LogP contribution in [0.5, 0.6) is 0 Å². The molecule has 0 saturated carbocycles. The van der Waals surface area contributed by atoms with E-state index in [4.69, 9.17) is 0 Å². The molecular weight excluding hydrogens is 443 g/mol. The highest BCUT2D eigenvalue weighted by Gasteiger charge is 2.30. The Morgan fingerprint density at radius 3 is 2.47 bits per heavy atom. The van der Waals surface area contributed by atoms with Gasteiger partial charge in [0.05, 0.1) is 29.3 Å². The van der Waals surface area contributed by atoms with E-state index in [1.54, 1.807) is 6.20 Å². The van der Waals surface area contributed by atoms with Crippen molar-refractivity contribution >= 4 is 22.6 Å². The number of imidazole rings is 2. The van der Waals surface area contributed by atoms with Crippen LogP contribution in [0.3, 0.4) is 0 Å². The number of H-pyrrole nitrogens is 2. The molecule has 3 aromatic carbocycles. The molecule has 3 N–H and O–H groups in total. The van der Waals surface area contributed by atoms with Crippen molar-refractivity contribution in [2.75, 3.05) is 5.32 Å². The van der Waals surface area contributed by atoms with Gasteiger partial charge >= 0.3 is 6.18 Å². The number of amides is 1. The third-order valence-corrected chi connectivity index (χ3v) is 5.35. The van der Waals surface area contributed by atoms with Gasteiger partial charge in [-0.05, 0) is 47.5 Å². The normalized spacial score (nSPS) is 11.6. The Bertz CT molecular complexity index is 1450. The minimum atomic E-state index is -4.41. The Balaban J connectivity index is 1.35. The smallest absolute Gasteiger partial charge is 0.348 e. The molecule has 2 aromatic heterocycles. The van der Waals surface area contributed by atoms with Crippen LogP contribution in [-0.4, -0.2) is 25.8 Å². The fraction of sp³-hybridized carbons (Fsp3) is 0.0800. The lowest BCUT2D eigenvalue weighted by molar-refractivity contribution is -0.137. The van der Waals surface area contributed by atoms with E-state index in [0.29, 0.717) is 22.5 Å². The molecule has 5 aromatic rings. The lowest BCUT2D eigenvalue weighted by atomic mass is 10.0. The summed E-state index contributed by atoms with van der Waals surface area (Å²) in [5, 5.41) is 2.84. The fourth-order valence-electron chi connectivity index (χ4n) is 3.67. The number of fused-ring (bicyclic) bond motifs is 1. The molecule has 0 bridgehead atoms. The van der Waals surface area contributed by atoms with Gasteiger partial charge in [0, 0.05) is 23.1 Å². The molecule has 0 aliphatic carbocycles. The van der Waals surface area contributed by atoms with Crippen molar-refractivity contribution in [2.45, 2.75) is 12.6 Å². The van der Waals surface area contributed by atoms with Gasteiger partial charge in [-0.1, -0.05) is 30.3 Å². The third-order valence-electron chi connectivity index (χ3n) is 5.35. The van der Waals surface area contributed by atoms with Crippen molar-refractivity contribution in [1.29, 1.82) is 0 Å². The molecule has 0 atom stereocenters. The number of alkyl halides is 3. The summed E-state index contributed by atoms with van der Waals surface area (Å²) in [5.74, 6) is 0.330. The van der Waals surface area contributed by atoms with Crippen LogP contribution < -0.4 is 5.32 Å². The highest BCUT2D eigenvalue weighted by atomic mass is 19.4. The standard InChI is InChI=1S/C25H18F3N5O/c26-25(27,28)18-6-9-21-22(11-18)33-24(32-21)17-3-1-2-16(10-17)15-4-7-19(8-5-15)31-23(34)12-20-13-29-14-30-20/h1-11,13-14H,12H2,(H,29,30)(H,31,34)(H,32,33). The molecule has 0 aliphatic rings. The van der Waals surface area contributed by atoms with E-state index in [1.807, 2.05) is 48.5 Å². The molecule has 1 amide bonds. The number of carbonyl (C=O) groups excluding carboxylic acids is 1. The zero-order valence-electron chi connectivity index (χ0n) is 17.6. The van der Waals surface area contributed by atoms with Gasteiger partial charge in [-0.2, -0.15) is 13.2 Å². The summed E-state index contributed by atoms with van der Waals surface area (Å²) in [4.78, 5) is 26.4. The molecule has 0 fully saturated rings. The van der Waals surface area contributed by atoms with Crippen LogP contribution in [0.2, 0.25) is 0 Å². The van der Waals surface area contributed by atoms with E-state index < -0.39 is 11.7 Å². The Hall–Kier alpha value is -4.40. The first-order valence-electron chi connectivity index (χ1n) is 10.4. The number of hydrogen-bond donors (Lipinski definition) is 3. The lowest BCUT2D eigenvalue weighted by Crippen LogP contribution is -2.14. The maximum absolute atomic E-state index is 13.0. The molecule has 9 heteroatoms. The van der Waals surface area contributed by atoms with Crippen molar-refractivity contribution in [3.05, 3.63) is 90.5 Å². The van der Waals surface area contributed by atoms with Crippen LogP contribution >= 0.6 is 0 Å². The molecule has 0 aliphatic heterocycles. The number of aromatic amines is 2. The topological polar surface area (TPSA) is 86.5 Å². The van der Waals surface area contributed by atoms with Crippen LogP contribution in [0.4, 0.5) is 18.9 Å². The highest BCUT2D eigenvalue weighted by molar-refractivity contribution is 5.92. The summed E-state index contributed by atoms with van der Waals surface area (Å²) < 4.78 is 39.0. The Labute approximate surface area is 191 Å². The minimum absolute atomic E-state index is 0.155. The first-order chi connectivity index (χ1) is 16.3. The van der Waals surface area contributed by atoms with Gasteiger partial charge in [-0.3, -0.25) is 4.79 Å². The number of anilines is 1. The van der Waals surface area contributed by atoms with Gasteiger partial charge in [0.15, 0.2) is 0 Å². The van der Waals surface area contributed by atoms with Gasteiger partial charge in [-0.15, -0.1) is 0 Å². The van der Waals surface area contributed by atoms with Gasteiger partial charge in [-0.25, -0.2) is 9.97 Å². The summed E-state index contributed by atoms with van der Waals surface area (Å²) >= 11 is 0. The van der Waals surface area contributed by atoms with Crippen LogP contribution in [0.25, 0.3) is 33.5 Å². The summed E-state index contributed by atoms with van der Waals surface area (Å²) in [7, 11) is 0. The second kappa shape index (κ2) is 8.51. The van der Waals surface area contributed by atoms with Crippen LogP contribution in [0.1, 0.15) is 11.3 Å². The molecule has 6 nitrogen and oxygen atoms in total. The van der Waals surface area contributed by atoms with E-state index in [2.05, 4.69) is 25.3 Å². The number of hydrogen-bond acceptors (Lipinski definition) is 3. The third kappa shape index (κ3) is 4.54. The van der Waals surface area contributed by atoms with E-state index in [-0.39, 0.29) is 12.3 Å². The second-order valence-electron chi connectivity index (χ2n) is 7.78. The summed E-state index contributed by atoms with van der Waals surface area (Å²) in [6.07, 6.45) is -1.08. The van der Waals surface area contributed by atoms with Crippen LogP contribution in [0, 0.1) is 0 Å². The molecule has 0 unspecified atom stereocenters. The predicted molar refractivity (Wildman–Crippen MR) is 123 cm³/mol. The minimum Gasteiger partial charge on any atom is -0.348 e. The quantitative estimate of drug-likeness (QED) is 0.308. The number of benzene rings is 3. The summed E-state index contributed by atoms with van der Waals surface area (Å²) in [6.45, 7) is 0.